The van der Waals surface area contributed by atoms with Crippen molar-refractivity contribution in [1.29, 1.82) is 0 Å². The van der Waals surface area contributed by atoms with Crippen LogP contribution in [0.1, 0.15) is 33.4 Å². The minimum atomic E-state index is -1.00. The van der Waals surface area contributed by atoms with Crippen molar-refractivity contribution < 1.29 is 49.5 Å². The molecule has 1 aromatic rings. The van der Waals surface area contributed by atoms with Gasteiger partial charge >= 0.3 is 5.97 Å². The first-order valence-electron chi connectivity index (χ1n) is 8.18. The first-order chi connectivity index (χ1) is 14.0. The van der Waals surface area contributed by atoms with E-state index < -0.39 is 35.9 Å². The SMILES string of the molecule is CC(=O)O.CC(=O)O.CC(=O)O.CC(=O)O.NC(Cc1cnc[nH]1)C(=O)O.NCCN. The first-order valence-corrected chi connectivity index (χ1v) is 8.18. The summed E-state index contributed by atoms with van der Waals surface area (Å²) in [5, 5.41) is 38.1. The number of aliphatic carboxylic acids is 5. The van der Waals surface area contributed by atoms with E-state index in [4.69, 9.17) is 61.9 Å². The highest BCUT2D eigenvalue weighted by atomic mass is 16.4. The Morgan fingerprint density at radius 1 is 0.839 bits per heavy atom. The molecule has 15 nitrogen and oxygen atoms in total. The third-order valence-electron chi connectivity index (χ3n) is 1.48. The van der Waals surface area contributed by atoms with E-state index in [0.29, 0.717) is 13.1 Å². The van der Waals surface area contributed by atoms with Gasteiger partial charge in [-0.25, -0.2) is 4.98 Å². The van der Waals surface area contributed by atoms with Gasteiger partial charge in [-0.1, -0.05) is 0 Å². The standard InChI is InChI=1S/C6H9N3O2.C2H8N2.4C2H4O2/c7-5(6(10)11)1-4-2-8-3-9-4;3-1-2-4;4*1-2(3)4/h2-3,5H,1,7H2,(H,8,9)(H,10,11);1-4H2;4*1H3,(H,3,4). The van der Waals surface area contributed by atoms with Gasteiger partial charge in [-0.3, -0.25) is 24.0 Å². The van der Waals surface area contributed by atoms with Crippen LogP contribution in [0, 0.1) is 0 Å². The quantitative estimate of drug-likeness (QED) is 0.253. The fraction of sp³-hybridized carbons (Fsp3) is 0.500. The van der Waals surface area contributed by atoms with Crippen molar-refractivity contribution >= 4 is 29.8 Å². The van der Waals surface area contributed by atoms with Gasteiger partial charge in [0, 0.05) is 59.1 Å². The van der Waals surface area contributed by atoms with Crippen LogP contribution in [0.2, 0.25) is 0 Å². The molecule has 0 aliphatic heterocycles. The molecule has 182 valence electrons. The predicted octanol–water partition coefficient (Wildman–Crippen LogP) is -1.37. The van der Waals surface area contributed by atoms with Crippen LogP contribution in [-0.4, -0.2) is 84.5 Å². The van der Waals surface area contributed by atoms with Crippen molar-refractivity contribution in [3.63, 3.8) is 0 Å². The summed E-state index contributed by atoms with van der Waals surface area (Å²) in [5.74, 6) is -4.33. The van der Waals surface area contributed by atoms with Crippen molar-refractivity contribution in [1.82, 2.24) is 9.97 Å². The average Bonchev–Trinajstić information content (AvgIpc) is 3.06. The molecule has 1 atom stereocenters. The summed E-state index contributed by atoms with van der Waals surface area (Å²) in [5.41, 5.74) is 15.8. The monoisotopic (exact) mass is 455 g/mol. The second-order valence-corrected chi connectivity index (χ2v) is 4.88. The molecule has 1 aromatic heterocycles. The Bertz CT molecular complexity index is 528. The van der Waals surface area contributed by atoms with E-state index in [1.165, 1.54) is 6.33 Å². The first kappa shape index (κ1) is 38.1. The van der Waals surface area contributed by atoms with Crippen LogP contribution in [0.25, 0.3) is 0 Å². The molecule has 0 amide bonds. The number of carboxylic acid groups (broad SMARTS) is 5. The van der Waals surface area contributed by atoms with E-state index in [2.05, 4.69) is 9.97 Å². The van der Waals surface area contributed by atoms with Crippen LogP contribution in [-0.2, 0) is 30.4 Å². The lowest BCUT2D eigenvalue weighted by atomic mass is 10.2. The molecular weight excluding hydrogens is 422 g/mol. The van der Waals surface area contributed by atoms with Crippen LogP contribution in [0.4, 0.5) is 0 Å². The molecule has 0 saturated heterocycles. The number of H-pyrrole nitrogens is 1. The summed E-state index contributed by atoms with van der Waals surface area (Å²) in [7, 11) is 0. The highest BCUT2D eigenvalue weighted by Gasteiger charge is 2.11. The number of rotatable bonds is 4. The molecular formula is C16H33N5O10. The summed E-state index contributed by atoms with van der Waals surface area (Å²) < 4.78 is 0. The fourth-order valence-electron chi connectivity index (χ4n) is 0.721. The lowest BCUT2D eigenvalue weighted by molar-refractivity contribution is -0.139. The molecule has 1 heterocycles. The zero-order chi connectivity index (χ0) is 26.0. The third kappa shape index (κ3) is 102. The van der Waals surface area contributed by atoms with Crippen molar-refractivity contribution in [2.45, 2.75) is 40.2 Å². The minimum absolute atomic E-state index is 0.287. The molecule has 0 fully saturated rings. The van der Waals surface area contributed by atoms with Crippen LogP contribution >= 0.6 is 0 Å². The number of aromatic nitrogens is 2. The Hall–Kier alpha value is -3.56. The molecule has 0 aromatic carbocycles. The number of nitrogens with zero attached hydrogens (tertiary/aromatic N) is 1. The molecule has 31 heavy (non-hydrogen) atoms. The Morgan fingerprint density at radius 2 is 1.13 bits per heavy atom. The van der Waals surface area contributed by atoms with Gasteiger partial charge in [-0.15, -0.1) is 0 Å². The molecule has 0 radical (unpaired) electrons. The van der Waals surface area contributed by atoms with Crippen molar-refractivity contribution in [3.05, 3.63) is 18.2 Å². The molecule has 0 aliphatic rings. The number of carbonyl (C=O) groups is 5. The van der Waals surface area contributed by atoms with E-state index in [1.54, 1.807) is 6.20 Å². The number of carboxylic acids is 5. The zero-order valence-electron chi connectivity index (χ0n) is 17.8. The molecule has 0 aliphatic carbocycles. The van der Waals surface area contributed by atoms with E-state index in [-0.39, 0.29) is 6.42 Å². The lowest BCUT2D eigenvalue weighted by Gasteiger charge is -2.02. The van der Waals surface area contributed by atoms with E-state index in [0.717, 1.165) is 33.4 Å². The maximum atomic E-state index is 10.3. The van der Waals surface area contributed by atoms with Gasteiger partial charge in [-0.2, -0.15) is 0 Å². The van der Waals surface area contributed by atoms with Crippen molar-refractivity contribution in [3.8, 4) is 0 Å². The number of hydrogen-bond acceptors (Lipinski definition) is 9. The smallest absolute Gasteiger partial charge is 0.320 e. The molecule has 12 N–H and O–H groups in total. The highest BCUT2D eigenvalue weighted by Crippen LogP contribution is 1.95. The van der Waals surface area contributed by atoms with Gasteiger partial charge in [0.1, 0.15) is 6.04 Å². The topological polar surface area (TPSA) is 293 Å². The highest BCUT2D eigenvalue weighted by molar-refractivity contribution is 5.73. The maximum absolute atomic E-state index is 10.3. The number of hydrogen-bond donors (Lipinski definition) is 9. The Morgan fingerprint density at radius 3 is 1.29 bits per heavy atom. The molecule has 0 spiro atoms. The molecule has 0 saturated carbocycles. The largest absolute Gasteiger partial charge is 0.481 e. The van der Waals surface area contributed by atoms with E-state index in [9.17, 15) is 4.79 Å². The Balaban J connectivity index is -0.0000000958. The fourth-order valence-corrected chi connectivity index (χ4v) is 0.721. The summed E-state index contributed by atoms with van der Waals surface area (Å²) in [6, 6.07) is -0.851. The summed E-state index contributed by atoms with van der Waals surface area (Å²) in [4.78, 5) is 52.8. The summed E-state index contributed by atoms with van der Waals surface area (Å²) >= 11 is 0. The van der Waals surface area contributed by atoms with Crippen LogP contribution in [0.3, 0.4) is 0 Å². The molecule has 15 heteroatoms. The normalized spacial score (nSPS) is 8.74. The Kier molecular flexibility index (Phi) is 35.2. The van der Waals surface area contributed by atoms with Crippen LogP contribution in [0.5, 0.6) is 0 Å². The molecule has 1 unspecified atom stereocenters. The third-order valence-corrected chi connectivity index (χ3v) is 1.48. The number of imidazole rings is 1. The van der Waals surface area contributed by atoms with Gasteiger partial charge in [0.25, 0.3) is 23.9 Å². The summed E-state index contributed by atoms with van der Waals surface area (Å²) in [6.07, 6.45) is 3.34. The molecule has 1 rings (SSSR count). The van der Waals surface area contributed by atoms with Gasteiger partial charge in [0.2, 0.25) is 0 Å². The van der Waals surface area contributed by atoms with Gasteiger partial charge in [-0.05, 0) is 0 Å². The van der Waals surface area contributed by atoms with E-state index >= 15 is 0 Å². The van der Waals surface area contributed by atoms with Crippen LogP contribution in [0.15, 0.2) is 12.5 Å². The minimum Gasteiger partial charge on any atom is -0.481 e. The molecule has 0 bridgehead atoms. The van der Waals surface area contributed by atoms with Gasteiger partial charge < -0.3 is 47.7 Å². The number of aromatic amines is 1. The Labute approximate surface area is 178 Å². The van der Waals surface area contributed by atoms with Crippen molar-refractivity contribution in [2.24, 2.45) is 17.2 Å². The van der Waals surface area contributed by atoms with Crippen LogP contribution < -0.4 is 17.2 Å². The average molecular weight is 455 g/mol. The second kappa shape index (κ2) is 28.6. The van der Waals surface area contributed by atoms with E-state index in [1.807, 2.05) is 0 Å². The number of nitrogens with two attached hydrogens (primary N) is 3. The van der Waals surface area contributed by atoms with Gasteiger partial charge in [0.15, 0.2) is 0 Å². The lowest BCUT2D eigenvalue weighted by Crippen LogP contribution is -2.32. The van der Waals surface area contributed by atoms with Crippen molar-refractivity contribution in [2.75, 3.05) is 13.1 Å². The van der Waals surface area contributed by atoms with Gasteiger partial charge in [0.05, 0.1) is 6.33 Å². The predicted molar refractivity (Wildman–Crippen MR) is 109 cm³/mol. The zero-order valence-corrected chi connectivity index (χ0v) is 17.8. The second-order valence-electron chi connectivity index (χ2n) is 4.88. The summed E-state index contributed by atoms with van der Waals surface area (Å²) in [6.45, 7) is 5.53. The maximum Gasteiger partial charge on any atom is 0.320 e. The number of nitrogens with one attached hydrogen (secondary N) is 1.